The number of aryl methyl sites for hydroxylation is 2. The Kier molecular flexibility index (Phi) is 5.95. The molecule has 2 aliphatic heterocycles. The summed E-state index contributed by atoms with van der Waals surface area (Å²) in [5.41, 5.74) is 2.98. The van der Waals surface area contributed by atoms with Gasteiger partial charge in [0.15, 0.2) is 15.3 Å². The number of unbranched alkanes of at least 4 members (excludes halogenated alkanes) is 1. The van der Waals surface area contributed by atoms with E-state index in [2.05, 4.69) is 6.92 Å². The maximum absolute atomic E-state index is 13.8. The lowest BCUT2D eigenvalue weighted by Gasteiger charge is -2.30. The van der Waals surface area contributed by atoms with E-state index in [0.29, 0.717) is 35.3 Å². The van der Waals surface area contributed by atoms with Crippen molar-refractivity contribution in [3.8, 4) is 5.75 Å². The van der Waals surface area contributed by atoms with Crippen LogP contribution in [0.25, 0.3) is 11.0 Å². The van der Waals surface area contributed by atoms with Crippen molar-refractivity contribution in [3.63, 3.8) is 0 Å². The highest BCUT2D eigenvalue weighted by molar-refractivity contribution is 7.91. The average molecular weight is 496 g/mol. The van der Waals surface area contributed by atoms with Crippen LogP contribution in [0.2, 0.25) is 0 Å². The average Bonchev–Trinajstić information content (AvgIpc) is 3.32. The molecule has 1 fully saturated rings. The highest BCUT2D eigenvalue weighted by Gasteiger charge is 2.48. The molecule has 1 aromatic heterocycles. The molecule has 35 heavy (non-hydrogen) atoms. The lowest BCUT2D eigenvalue weighted by molar-refractivity contribution is 0.0662. The number of hydrogen-bond donors (Lipinski definition) is 0. The number of carbonyl (C=O) groups is 1. The molecule has 8 heteroatoms. The molecule has 3 aromatic rings. The van der Waals surface area contributed by atoms with Crippen LogP contribution >= 0.6 is 0 Å². The normalized spacial score (nSPS) is 21.0. The minimum absolute atomic E-state index is 0.00245. The lowest BCUT2D eigenvalue weighted by Crippen LogP contribution is -2.40. The van der Waals surface area contributed by atoms with E-state index in [4.69, 9.17) is 9.15 Å². The molecule has 1 saturated heterocycles. The highest BCUT2D eigenvalue weighted by Crippen LogP contribution is 2.42. The maximum atomic E-state index is 13.8. The zero-order valence-corrected chi connectivity index (χ0v) is 21.0. The number of benzene rings is 2. The molecule has 0 aliphatic carbocycles. The van der Waals surface area contributed by atoms with Crippen LogP contribution in [-0.2, 0) is 9.84 Å². The Morgan fingerprint density at radius 3 is 2.60 bits per heavy atom. The second-order valence-corrected chi connectivity index (χ2v) is 11.8. The predicted octanol–water partition coefficient (Wildman–Crippen LogP) is 4.32. The number of rotatable bonds is 6. The van der Waals surface area contributed by atoms with E-state index < -0.39 is 27.8 Å². The molecular weight excluding hydrogens is 466 g/mol. The van der Waals surface area contributed by atoms with Crippen molar-refractivity contribution in [2.75, 3.05) is 18.1 Å². The van der Waals surface area contributed by atoms with Gasteiger partial charge in [-0.1, -0.05) is 25.5 Å². The molecule has 0 bridgehead atoms. The van der Waals surface area contributed by atoms with Crippen LogP contribution in [0.15, 0.2) is 45.6 Å². The van der Waals surface area contributed by atoms with E-state index in [-0.39, 0.29) is 28.3 Å². The number of amides is 1. The fourth-order valence-electron chi connectivity index (χ4n) is 5.05. The summed E-state index contributed by atoms with van der Waals surface area (Å²) in [5, 5.41) is 0.417. The third kappa shape index (κ3) is 4.14. The van der Waals surface area contributed by atoms with Crippen LogP contribution in [0.4, 0.5) is 0 Å². The van der Waals surface area contributed by atoms with Gasteiger partial charge in [-0.15, -0.1) is 0 Å². The van der Waals surface area contributed by atoms with Gasteiger partial charge >= 0.3 is 0 Å². The van der Waals surface area contributed by atoms with Crippen molar-refractivity contribution < 1.29 is 22.4 Å². The van der Waals surface area contributed by atoms with E-state index in [1.54, 1.807) is 17.0 Å². The van der Waals surface area contributed by atoms with Crippen molar-refractivity contribution in [2.24, 2.45) is 0 Å². The molecule has 5 rings (SSSR count). The molecule has 184 valence electrons. The van der Waals surface area contributed by atoms with Gasteiger partial charge in [-0.05, 0) is 67.6 Å². The largest absolute Gasteiger partial charge is 0.494 e. The van der Waals surface area contributed by atoms with Crippen LogP contribution in [0.3, 0.4) is 0 Å². The Morgan fingerprint density at radius 2 is 1.89 bits per heavy atom. The smallest absolute Gasteiger partial charge is 0.291 e. The Hall–Kier alpha value is -3.13. The lowest BCUT2D eigenvalue weighted by atomic mass is 9.96. The Bertz CT molecular complexity index is 1490. The second-order valence-electron chi connectivity index (χ2n) is 9.55. The van der Waals surface area contributed by atoms with Crippen molar-refractivity contribution in [1.29, 1.82) is 0 Å². The van der Waals surface area contributed by atoms with E-state index in [1.807, 2.05) is 38.1 Å². The summed E-state index contributed by atoms with van der Waals surface area (Å²) in [5.74, 6) is 0.0975. The molecule has 2 atom stereocenters. The highest BCUT2D eigenvalue weighted by atomic mass is 32.2. The number of fused-ring (bicyclic) bond motifs is 2. The van der Waals surface area contributed by atoms with Gasteiger partial charge in [0.2, 0.25) is 5.76 Å². The van der Waals surface area contributed by atoms with Crippen molar-refractivity contribution in [1.82, 2.24) is 4.90 Å². The molecule has 0 spiro atoms. The van der Waals surface area contributed by atoms with E-state index >= 15 is 0 Å². The van der Waals surface area contributed by atoms with Crippen LogP contribution in [0, 0.1) is 13.8 Å². The van der Waals surface area contributed by atoms with Gasteiger partial charge in [-0.2, -0.15) is 0 Å². The molecule has 0 saturated carbocycles. The van der Waals surface area contributed by atoms with Crippen molar-refractivity contribution in [3.05, 3.63) is 74.6 Å². The van der Waals surface area contributed by atoms with Gasteiger partial charge in [0, 0.05) is 6.04 Å². The molecule has 2 unspecified atom stereocenters. The van der Waals surface area contributed by atoms with Gasteiger partial charge in [0.05, 0.1) is 35.1 Å². The SMILES string of the molecule is CCCCOc1cccc(C2c3c(oc4cc(C)c(C)cc4c3=O)C(=O)N2C2CCS(=O)(=O)C2)c1. The summed E-state index contributed by atoms with van der Waals surface area (Å²) >= 11 is 0. The number of nitrogens with zero attached hydrogens (tertiary/aromatic N) is 1. The summed E-state index contributed by atoms with van der Waals surface area (Å²) in [6.45, 7) is 6.50. The van der Waals surface area contributed by atoms with Crippen LogP contribution in [0.1, 0.15) is 65.0 Å². The third-order valence-corrected chi connectivity index (χ3v) is 8.81. The van der Waals surface area contributed by atoms with Gasteiger partial charge in [-0.25, -0.2) is 8.42 Å². The van der Waals surface area contributed by atoms with Gasteiger partial charge in [0.25, 0.3) is 5.91 Å². The van der Waals surface area contributed by atoms with Crippen LogP contribution in [-0.4, -0.2) is 43.4 Å². The minimum atomic E-state index is -3.26. The van der Waals surface area contributed by atoms with Gasteiger partial charge < -0.3 is 14.1 Å². The Labute approximate surface area is 204 Å². The second kappa shape index (κ2) is 8.82. The van der Waals surface area contributed by atoms with E-state index in [1.165, 1.54) is 0 Å². The maximum Gasteiger partial charge on any atom is 0.291 e. The number of carbonyl (C=O) groups excluding carboxylic acids is 1. The molecule has 7 nitrogen and oxygen atoms in total. The molecule has 0 N–H and O–H groups in total. The summed E-state index contributed by atoms with van der Waals surface area (Å²) < 4.78 is 36.6. The molecule has 3 heterocycles. The first-order chi connectivity index (χ1) is 16.7. The topological polar surface area (TPSA) is 93.9 Å². The summed E-state index contributed by atoms with van der Waals surface area (Å²) in [6.07, 6.45) is 2.24. The number of hydrogen-bond acceptors (Lipinski definition) is 6. The monoisotopic (exact) mass is 495 g/mol. The number of ether oxygens (including phenoxy) is 1. The zero-order valence-electron chi connectivity index (χ0n) is 20.2. The number of sulfone groups is 1. The zero-order chi connectivity index (χ0) is 24.9. The summed E-state index contributed by atoms with van der Waals surface area (Å²) in [7, 11) is -3.26. The summed E-state index contributed by atoms with van der Waals surface area (Å²) in [6, 6.07) is 9.66. The van der Waals surface area contributed by atoms with Gasteiger partial charge in [0.1, 0.15) is 11.3 Å². The van der Waals surface area contributed by atoms with Crippen LogP contribution in [0.5, 0.6) is 5.75 Å². The molecule has 1 amide bonds. The van der Waals surface area contributed by atoms with E-state index in [0.717, 1.165) is 24.0 Å². The fourth-order valence-corrected chi connectivity index (χ4v) is 6.76. The van der Waals surface area contributed by atoms with Crippen molar-refractivity contribution in [2.45, 2.75) is 52.1 Å². The van der Waals surface area contributed by atoms with Gasteiger partial charge in [-0.3, -0.25) is 9.59 Å². The van der Waals surface area contributed by atoms with Crippen LogP contribution < -0.4 is 10.2 Å². The van der Waals surface area contributed by atoms with Crippen molar-refractivity contribution >= 4 is 26.7 Å². The molecule has 2 aliphatic rings. The third-order valence-electron chi connectivity index (χ3n) is 7.06. The molecule has 2 aromatic carbocycles. The predicted molar refractivity (Wildman–Crippen MR) is 134 cm³/mol. The minimum Gasteiger partial charge on any atom is -0.494 e. The fraction of sp³-hybridized carbons (Fsp3) is 0.407. The molecular formula is C27H29NO6S. The molecule has 0 radical (unpaired) electrons. The summed E-state index contributed by atoms with van der Waals surface area (Å²) in [4.78, 5) is 29.0. The first kappa shape index (κ1) is 23.6. The first-order valence-electron chi connectivity index (χ1n) is 12.0. The quantitative estimate of drug-likeness (QED) is 0.473. The Balaban J connectivity index is 1.69. The first-order valence-corrected chi connectivity index (χ1v) is 13.9. The standard InChI is InChI=1S/C27H29NO6S/c1-4-5-10-33-20-8-6-7-18(14-20)24-23-25(29)21-12-16(2)17(3)13-22(21)34-26(23)27(30)28(24)19-9-11-35(31,32)15-19/h6-8,12-14,19,24H,4-5,9-11,15H2,1-3H3. The van der Waals surface area contributed by atoms with E-state index in [9.17, 15) is 18.0 Å². The Morgan fingerprint density at radius 1 is 1.11 bits per heavy atom.